The zero-order valence-electron chi connectivity index (χ0n) is 12.7. The molecule has 0 unspecified atom stereocenters. The largest absolute Gasteiger partial charge is 0.467 e. The third-order valence-corrected chi connectivity index (χ3v) is 3.17. The molecular formula is C16H18F3NO3. The highest BCUT2D eigenvalue weighted by Gasteiger charge is 2.35. The molecular weight excluding hydrogens is 311 g/mol. The second-order valence-electron chi connectivity index (χ2n) is 4.81. The van der Waals surface area contributed by atoms with Crippen molar-refractivity contribution in [3.8, 4) is 0 Å². The van der Waals surface area contributed by atoms with Crippen LogP contribution in [0.5, 0.6) is 0 Å². The average molecular weight is 329 g/mol. The van der Waals surface area contributed by atoms with Gasteiger partial charge in [-0.1, -0.05) is 18.2 Å². The van der Waals surface area contributed by atoms with Gasteiger partial charge in [-0.25, -0.2) is 4.79 Å². The standard InChI is InChI=1S/C16H18F3NO3/c1-3-4-5-10-13(15(22)23-2)20-14(21)11-8-6-7-9-12(11)16(17,18)19/h3,6-9,13H,1,4-5,10H2,2H3,(H,20,21)/t13-/m0/s1. The lowest BCUT2D eigenvalue weighted by molar-refractivity contribution is -0.143. The molecule has 1 amide bonds. The van der Waals surface area contributed by atoms with Crippen LogP contribution in [-0.2, 0) is 15.7 Å². The number of ether oxygens (including phenoxy) is 1. The Morgan fingerprint density at radius 3 is 2.57 bits per heavy atom. The van der Waals surface area contributed by atoms with Gasteiger partial charge in [0.15, 0.2) is 0 Å². The van der Waals surface area contributed by atoms with Gasteiger partial charge in [0.25, 0.3) is 5.91 Å². The number of hydrogen-bond acceptors (Lipinski definition) is 3. The predicted molar refractivity (Wildman–Crippen MR) is 78.8 cm³/mol. The number of alkyl halides is 3. The molecule has 0 radical (unpaired) electrons. The molecule has 1 aromatic carbocycles. The minimum Gasteiger partial charge on any atom is -0.467 e. The molecule has 0 aliphatic heterocycles. The van der Waals surface area contributed by atoms with Crippen LogP contribution in [-0.4, -0.2) is 25.0 Å². The van der Waals surface area contributed by atoms with Crippen LogP contribution in [0.2, 0.25) is 0 Å². The Bertz CT molecular complexity index is 570. The Labute approximate surface area is 132 Å². The molecule has 0 spiro atoms. The van der Waals surface area contributed by atoms with E-state index in [1.54, 1.807) is 6.08 Å². The second kappa shape index (κ2) is 8.36. The number of carbonyl (C=O) groups excluding carboxylic acids is 2. The first-order valence-corrected chi connectivity index (χ1v) is 6.97. The molecule has 0 aromatic heterocycles. The molecule has 1 atom stereocenters. The van der Waals surface area contributed by atoms with Gasteiger partial charge in [0.05, 0.1) is 18.2 Å². The molecule has 0 heterocycles. The van der Waals surface area contributed by atoms with Crippen LogP contribution < -0.4 is 5.32 Å². The molecule has 0 saturated carbocycles. The maximum Gasteiger partial charge on any atom is 0.417 e. The number of esters is 1. The zero-order chi connectivity index (χ0) is 17.5. The number of methoxy groups -OCH3 is 1. The number of nitrogens with one attached hydrogen (secondary N) is 1. The van der Waals surface area contributed by atoms with Gasteiger partial charge in [-0.15, -0.1) is 6.58 Å². The van der Waals surface area contributed by atoms with Gasteiger partial charge in [-0.3, -0.25) is 4.79 Å². The normalized spacial score (nSPS) is 12.3. The Morgan fingerprint density at radius 2 is 2.00 bits per heavy atom. The summed E-state index contributed by atoms with van der Waals surface area (Å²) in [5.41, 5.74) is -1.58. The van der Waals surface area contributed by atoms with Gasteiger partial charge in [0, 0.05) is 0 Å². The van der Waals surface area contributed by atoms with E-state index in [-0.39, 0.29) is 6.42 Å². The summed E-state index contributed by atoms with van der Waals surface area (Å²) in [6.07, 6.45) is -1.60. The fourth-order valence-corrected chi connectivity index (χ4v) is 2.02. The first kappa shape index (κ1) is 18.7. The molecule has 4 nitrogen and oxygen atoms in total. The van der Waals surface area contributed by atoms with Crippen molar-refractivity contribution < 1.29 is 27.5 Å². The molecule has 7 heteroatoms. The van der Waals surface area contributed by atoms with Crippen LogP contribution in [0.15, 0.2) is 36.9 Å². The zero-order valence-corrected chi connectivity index (χ0v) is 12.7. The Morgan fingerprint density at radius 1 is 1.35 bits per heavy atom. The van der Waals surface area contributed by atoms with Crippen molar-refractivity contribution in [2.45, 2.75) is 31.5 Å². The summed E-state index contributed by atoms with van der Waals surface area (Å²) in [6.45, 7) is 3.54. The fourth-order valence-electron chi connectivity index (χ4n) is 2.02. The molecule has 126 valence electrons. The summed E-state index contributed by atoms with van der Waals surface area (Å²) in [5.74, 6) is -1.67. The van der Waals surface area contributed by atoms with Crippen LogP contribution in [0.25, 0.3) is 0 Å². The van der Waals surface area contributed by atoms with Crippen LogP contribution in [0.1, 0.15) is 35.2 Å². The number of allylic oxidation sites excluding steroid dienone is 1. The summed E-state index contributed by atoms with van der Waals surface area (Å²) in [6, 6.07) is 3.40. The number of benzene rings is 1. The van der Waals surface area contributed by atoms with Crippen molar-refractivity contribution in [2.75, 3.05) is 7.11 Å². The maximum absolute atomic E-state index is 12.9. The van der Waals surface area contributed by atoms with Crippen molar-refractivity contribution >= 4 is 11.9 Å². The molecule has 23 heavy (non-hydrogen) atoms. The van der Waals surface area contributed by atoms with Crippen molar-refractivity contribution in [1.82, 2.24) is 5.32 Å². The van der Waals surface area contributed by atoms with E-state index in [4.69, 9.17) is 0 Å². The van der Waals surface area contributed by atoms with Crippen LogP contribution >= 0.6 is 0 Å². The third-order valence-electron chi connectivity index (χ3n) is 3.17. The molecule has 0 aliphatic rings. The Kier molecular flexibility index (Phi) is 6.81. The quantitative estimate of drug-likeness (QED) is 0.474. The topological polar surface area (TPSA) is 55.4 Å². The fraction of sp³-hybridized carbons (Fsp3) is 0.375. The highest BCUT2D eigenvalue weighted by atomic mass is 19.4. The monoisotopic (exact) mass is 329 g/mol. The lowest BCUT2D eigenvalue weighted by atomic mass is 10.0. The lowest BCUT2D eigenvalue weighted by Gasteiger charge is -2.18. The smallest absolute Gasteiger partial charge is 0.417 e. The van der Waals surface area contributed by atoms with Crippen molar-refractivity contribution in [1.29, 1.82) is 0 Å². The molecule has 0 fully saturated rings. The minimum absolute atomic E-state index is 0.249. The summed E-state index contributed by atoms with van der Waals surface area (Å²) >= 11 is 0. The average Bonchev–Trinajstić information content (AvgIpc) is 2.52. The predicted octanol–water partition coefficient (Wildman–Crippen LogP) is 3.33. The van der Waals surface area contributed by atoms with Crippen molar-refractivity contribution in [2.24, 2.45) is 0 Å². The van der Waals surface area contributed by atoms with Gasteiger partial charge < -0.3 is 10.1 Å². The second-order valence-corrected chi connectivity index (χ2v) is 4.81. The molecule has 0 bridgehead atoms. The highest BCUT2D eigenvalue weighted by Crippen LogP contribution is 2.31. The third kappa shape index (κ3) is 5.43. The maximum atomic E-state index is 12.9. The number of hydrogen-bond donors (Lipinski definition) is 1. The number of rotatable bonds is 7. The lowest BCUT2D eigenvalue weighted by Crippen LogP contribution is -2.42. The van der Waals surface area contributed by atoms with E-state index in [2.05, 4.69) is 16.6 Å². The summed E-state index contributed by atoms with van der Waals surface area (Å²) in [5, 5.41) is 2.31. The van der Waals surface area contributed by atoms with Gasteiger partial charge in [-0.2, -0.15) is 13.2 Å². The van der Waals surface area contributed by atoms with Crippen LogP contribution in [0.3, 0.4) is 0 Å². The van der Waals surface area contributed by atoms with E-state index in [0.717, 1.165) is 19.2 Å². The van der Waals surface area contributed by atoms with Gasteiger partial charge in [-0.05, 0) is 31.4 Å². The molecule has 1 rings (SSSR count). The van der Waals surface area contributed by atoms with Crippen LogP contribution in [0, 0.1) is 0 Å². The van der Waals surface area contributed by atoms with Gasteiger partial charge in [0.1, 0.15) is 6.04 Å². The number of unbranched alkanes of at least 4 members (excludes halogenated alkanes) is 1. The van der Waals surface area contributed by atoms with E-state index in [1.807, 2.05) is 0 Å². The summed E-state index contributed by atoms with van der Waals surface area (Å²) < 4.78 is 43.4. The molecule has 0 saturated heterocycles. The summed E-state index contributed by atoms with van der Waals surface area (Å²) in [4.78, 5) is 23.8. The van der Waals surface area contributed by atoms with Crippen LogP contribution in [0.4, 0.5) is 13.2 Å². The number of amides is 1. The van der Waals surface area contributed by atoms with E-state index in [9.17, 15) is 22.8 Å². The Hall–Kier alpha value is -2.31. The number of halogens is 3. The Balaban J connectivity index is 2.95. The minimum atomic E-state index is -4.66. The molecule has 0 aliphatic carbocycles. The molecule has 1 N–H and O–H groups in total. The number of carbonyl (C=O) groups is 2. The first-order chi connectivity index (χ1) is 10.8. The van der Waals surface area contributed by atoms with E-state index < -0.39 is 35.2 Å². The van der Waals surface area contributed by atoms with Gasteiger partial charge in [0.2, 0.25) is 0 Å². The van der Waals surface area contributed by atoms with E-state index >= 15 is 0 Å². The van der Waals surface area contributed by atoms with E-state index in [1.165, 1.54) is 12.1 Å². The highest BCUT2D eigenvalue weighted by molar-refractivity contribution is 5.98. The summed E-state index contributed by atoms with van der Waals surface area (Å²) in [7, 11) is 1.15. The van der Waals surface area contributed by atoms with E-state index in [0.29, 0.717) is 12.8 Å². The molecule has 1 aromatic rings. The first-order valence-electron chi connectivity index (χ1n) is 6.97. The SMILES string of the molecule is C=CCCC[C@H](NC(=O)c1ccccc1C(F)(F)F)C(=O)OC. The van der Waals surface area contributed by atoms with Crippen molar-refractivity contribution in [3.63, 3.8) is 0 Å². The van der Waals surface area contributed by atoms with Crippen molar-refractivity contribution in [3.05, 3.63) is 48.0 Å². The van der Waals surface area contributed by atoms with Gasteiger partial charge >= 0.3 is 12.1 Å².